The highest BCUT2D eigenvalue weighted by molar-refractivity contribution is 5.82. The number of benzene rings is 2. The SMILES string of the molecule is O=C([C@H]1CC[C@@H](F)CO1)N1CCc2ccccc2[C@@H]1c1ccc(F)cc1. The van der Waals surface area contributed by atoms with E-state index in [9.17, 15) is 13.6 Å². The van der Waals surface area contributed by atoms with Crippen molar-refractivity contribution >= 4 is 5.91 Å². The number of carbonyl (C=O) groups is 1. The first-order valence-corrected chi connectivity index (χ1v) is 9.03. The number of rotatable bonds is 2. The standard InChI is InChI=1S/C21H21F2NO2/c22-16-7-5-15(6-8-16)20-18-4-2-1-3-14(18)11-12-24(20)21(25)19-10-9-17(23)13-26-19/h1-8,17,19-20H,9-13H2/t17-,19-,20+/m1/s1. The average Bonchev–Trinajstić information content (AvgIpc) is 2.68. The summed E-state index contributed by atoms with van der Waals surface area (Å²) in [7, 11) is 0. The maximum Gasteiger partial charge on any atom is 0.252 e. The smallest absolute Gasteiger partial charge is 0.252 e. The van der Waals surface area contributed by atoms with Gasteiger partial charge < -0.3 is 9.64 Å². The number of halogens is 2. The van der Waals surface area contributed by atoms with Gasteiger partial charge in [0.2, 0.25) is 0 Å². The van der Waals surface area contributed by atoms with Crippen LogP contribution in [0, 0.1) is 5.82 Å². The molecule has 0 spiro atoms. The molecule has 2 aromatic rings. The van der Waals surface area contributed by atoms with Crippen molar-refractivity contribution in [1.82, 2.24) is 4.90 Å². The van der Waals surface area contributed by atoms with E-state index >= 15 is 0 Å². The molecule has 1 amide bonds. The second-order valence-electron chi connectivity index (χ2n) is 6.93. The third kappa shape index (κ3) is 3.23. The van der Waals surface area contributed by atoms with E-state index < -0.39 is 12.3 Å². The summed E-state index contributed by atoms with van der Waals surface area (Å²) in [5.41, 5.74) is 3.11. The van der Waals surface area contributed by atoms with Crippen molar-refractivity contribution in [2.24, 2.45) is 0 Å². The first kappa shape index (κ1) is 17.2. The molecule has 3 atom stereocenters. The normalized spacial score (nSPS) is 25.6. The zero-order valence-corrected chi connectivity index (χ0v) is 14.4. The van der Waals surface area contributed by atoms with Gasteiger partial charge in [0.15, 0.2) is 0 Å². The number of nitrogens with zero attached hydrogens (tertiary/aromatic N) is 1. The number of hydrogen-bond acceptors (Lipinski definition) is 2. The molecular formula is C21H21F2NO2. The van der Waals surface area contributed by atoms with E-state index in [0.29, 0.717) is 19.4 Å². The van der Waals surface area contributed by atoms with Gasteiger partial charge in [-0.05, 0) is 48.1 Å². The molecule has 1 saturated heterocycles. The van der Waals surface area contributed by atoms with E-state index in [1.54, 1.807) is 17.0 Å². The first-order valence-electron chi connectivity index (χ1n) is 9.03. The molecule has 0 saturated carbocycles. The lowest BCUT2D eigenvalue weighted by atomic mass is 9.87. The second kappa shape index (κ2) is 7.16. The Morgan fingerprint density at radius 3 is 2.58 bits per heavy atom. The molecule has 0 N–H and O–H groups in total. The summed E-state index contributed by atoms with van der Waals surface area (Å²) in [6, 6.07) is 14.0. The number of hydrogen-bond donors (Lipinski definition) is 0. The molecule has 136 valence electrons. The van der Waals surface area contributed by atoms with E-state index in [-0.39, 0.29) is 24.4 Å². The van der Waals surface area contributed by atoms with E-state index in [2.05, 4.69) is 6.07 Å². The van der Waals surface area contributed by atoms with Gasteiger partial charge in [0.05, 0.1) is 12.6 Å². The molecule has 2 heterocycles. The van der Waals surface area contributed by atoms with Crippen molar-refractivity contribution in [1.29, 1.82) is 0 Å². The molecule has 0 aliphatic carbocycles. The third-order valence-electron chi connectivity index (χ3n) is 5.25. The van der Waals surface area contributed by atoms with Crippen molar-refractivity contribution in [3.63, 3.8) is 0 Å². The van der Waals surface area contributed by atoms with Crippen LogP contribution in [0.3, 0.4) is 0 Å². The molecule has 2 aliphatic rings. The zero-order chi connectivity index (χ0) is 18.1. The lowest BCUT2D eigenvalue weighted by Crippen LogP contribution is -2.48. The summed E-state index contributed by atoms with van der Waals surface area (Å²) in [6.07, 6.45) is -0.0850. The number of fused-ring (bicyclic) bond motifs is 1. The Labute approximate surface area is 151 Å². The highest BCUT2D eigenvalue weighted by atomic mass is 19.1. The highest BCUT2D eigenvalue weighted by Crippen LogP contribution is 2.36. The molecule has 0 radical (unpaired) electrons. The number of amides is 1. The van der Waals surface area contributed by atoms with Crippen LogP contribution in [0.2, 0.25) is 0 Å². The Morgan fingerprint density at radius 1 is 1.08 bits per heavy atom. The van der Waals surface area contributed by atoms with Crippen molar-refractivity contribution in [2.45, 2.75) is 37.6 Å². The lowest BCUT2D eigenvalue weighted by Gasteiger charge is -2.40. The summed E-state index contributed by atoms with van der Waals surface area (Å²) in [5, 5.41) is 0. The van der Waals surface area contributed by atoms with Gasteiger partial charge in [-0.2, -0.15) is 0 Å². The van der Waals surface area contributed by atoms with Gasteiger partial charge in [0.1, 0.15) is 18.1 Å². The van der Waals surface area contributed by atoms with Crippen molar-refractivity contribution in [3.8, 4) is 0 Å². The topological polar surface area (TPSA) is 29.5 Å². The molecule has 26 heavy (non-hydrogen) atoms. The van der Waals surface area contributed by atoms with Crippen LogP contribution in [0.1, 0.15) is 35.6 Å². The fraction of sp³-hybridized carbons (Fsp3) is 0.381. The predicted octanol–water partition coefficient (Wildman–Crippen LogP) is 3.82. The number of ether oxygens (including phenoxy) is 1. The van der Waals surface area contributed by atoms with Gasteiger partial charge in [-0.25, -0.2) is 8.78 Å². The molecule has 0 unspecified atom stereocenters. The molecule has 0 aromatic heterocycles. The lowest BCUT2D eigenvalue weighted by molar-refractivity contribution is -0.151. The van der Waals surface area contributed by atoms with Crippen LogP contribution in [-0.2, 0) is 16.0 Å². The van der Waals surface area contributed by atoms with Crippen molar-refractivity contribution in [3.05, 3.63) is 71.0 Å². The van der Waals surface area contributed by atoms with Crippen LogP contribution in [-0.4, -0.2) is 36.2 Å². The second-order valence-corrected chi connectivity index (χ2v) is 6.93. The van der Waals surface area contributed by atoms with Crippen LogP contribution >= 0.6 is 0 Å². The summed E-state index contributed by atoms with van der Waals surface area (Å²) in [6.45, 7) is 0.541. The van der Waals surface area contributed by atoms with Gasteiger partial charge in [-0.3, -0.25) is 4.79 Å². The predicted molar refractivity (Wildman–Crippen MR) is 94.0 cm³/mol. The molecule has 5 heteroatoms. The Bertz CT molecular complexity index is 785. The fourth-order valence-electron chi connectivity index (χ4n) is 3.91. The Morgan fingerprint density at radius 2 is 1.85 bits per heavy atom. The van der Waals surface area contributed by atoms with E-state index in [1.807, 2.05) is 18.2 Å². The maximum absolute atomic E-state index is 13.4. The number of alkyl halides is 1. The third-order valence-corrected chi connectivity index (χ3v) is 5.25. The summed E-state index contributed by atoms with van der Waals surface area (Å²) >= 11 is 0. The van der Waals surface area contributed by atoms with Gasteiger partial charge >= 0.3 is 0 Å². The molecule has 2 aliphatic heterocycles. The molecular weight excluding hydrogens is 336 g/mol. The quantitative estimate of drug-likeness (QED) is 0.818. The maximum atomic E-state index is 13.4. The summed E-state index contributed by atoms with van der Waals surface area (Å²) in [5.74, 6) is -0.416. The van der Waals surface area contributed by atoms with Crippen LogP contribution < -0.4 is 0 Å². The van der Waals surface area contributed by atoms with Gasteiger partial charge in [0, 0.05) is 6.54 Å². The average molecular weight is 357 g/mol. The highest BCUT2D eigenvalue weighted by Gasteiger charge is 2.37. The van der Waals surface area contributed by atoms with E-state index in [0.717, 1.165) is 17.5 Å². The summed E-state index contributed by atoms with van der Waals surface area (Å²) < 4.78 is 32.2. The molecule has 4 rings (SSSR count). The summed E-state index contributed by atoms with van der Waals surface area (Å²) in [4.78, 5) is 14.9. The number of carbonyl (C=O) groups excluding carboxylic acids is 1. The first-order chi connectivity index (χ1) is 12.6. The minimum atomic E-state index is -0.992. The van der Waals surface area contributed by atoms with Gasteiger partial charge in [0.25, 0.3) is 5.91 Å². The van der Waals surface area contributed by atoms with Crippen molar-refractivity contribution < 1.29 is 18.3 Å². The molecule has 0 bridgehead atoms. The minimum absolute atomic E-state index is 0.0257. The van der Waals surface area contributed by atoms with Gasteiger partial charge in [-0.1, -0.05) is 36.4 Å². The van der Waals surface area contributed by atoms with Gasteiger partial charge in [-0.15, -0.1) is 0 Å². The Balaban J connectivity index is 1.68. The van der Waals surface area contributed by atoms with Crippen LogP contribution in [0.5, 0.6) is 0 Å². The van der Waals surface area contributed by atoms with Crippen LogP contribution in [0.15, 0.2) is 48.5 Å². The Kier molecular flexibility index (Phi) is 4.72. The fourth-order valence-corrected chi connectivity index (χ4v) is 3.91. The molecule has 2 aromatic carbocycles. The monoisotopic (exact) mass is 357 g/mol. The van der Waals surface area contributed by atoms with E-state index in [1.165, 1.54) is 17.7 Å². The zero-order valence-electron chi connectivity index (χ0n) is 14.4. The molecule has 1 fully saturated rings. The Hall–Kier alpha value is -2.27. The van der Waals surface area contributed by atoms with Crippen molar-refractivity contribution in [2.75, 3.05) is 13.2 Å². The van der Waals surface area contributed by atoms with Crippen LogP contribution in [0.4, 0.5) is 8.78 Å². The minimum Gasteiger partial charge on any atom is -0.365 e. The van der Waals surface area contributed by atoms with Crippen LogP contribution in [0.25, 0.3) is 0 Å². The largest absolute Gasteiger partial charge is 0.365 e. The molecule has 3 nitrogen and oxygen atoms in total. The van der Waals surface area contributed by atoms with E-state index in [4.69, 9.17) is 4.74 Å².